The van der Waals surface area contributed by atoms with Crippen LogP contribution in [0, 0.1) is 0 Å². The molecule has 1 N–H and O–H groups in total. The second kappa shape index (κ2) is 6.09. The van der Waals surface area contributed by atoms with E-state index < -0.39 is 9.05 Å². The highest BCUT2D eigenvalue weighted by Crippen LogP contribution is 2.37. The molecule has 1 aromatic carbocycles. The van der Waals surface area contributed by atoms with Gasteiger partial charge in [0.2, 0.25) is 0 Å². The zero-order valence-electron chi connectivity index (χ0n) is 10.0. The Morgan fingerprint density at radius 3 is 2.65 bits per heavy atom. The quantitative estimate of drug-likeness (QED) is 0.768. The fraction of sp³-hybridized carbons (Fsp3) is 0.364. The van der Waals surface area contributed by atoms with Crippen molar-refractivity contribution in [3.8, 4) is 5.75 Å². The first-order valence-corrected chi connectivity index (χ1v) is 9.11. The van der Waals surface area contributed by atoms with Crippen LogP contribution in [0.2, 0.25) is 5.02 Å². The fourth-order valence-electron chi connectivity index (χ4n) is 1.49. The Morgan fingerprint density at radius 2 is 2.10 bits per heavy atom. The van der Waals surface area contributed by atoms with Gasteiger partial charge in [-0.1, -0.05) is 27.5 Å². The first kappa shape index (κ1) is 15.9. The highest BCUT2D eigenvalue weighted by atomic mass is 79.9. The van der Waals surface area contributed by atoms with Gasteiger partial charge in [-0.05, 0) is 25.0 Å². The number of rotatable bonds is 5. The standard InChI is InChI=1S/C11H10BrCl2NO4S/c12-6-3-8(13)11(9(4-6)20(14,17)18)19-5-10(16)15-7-1-2-7/h3-4,7H,1-2,5H2,(H,15,16). The molecule has 0 heterocycles. The summed E-state index contributed by atoms with van der Waals surface area (Å²) < 4.78 is 28.6. The molecular weight excluding hydrogens is 393 g/mol. The molecule has 0 atom stereocenters. The number of hydrogen-bond donors (Lipinski definition) is 1. The number of carbonyl (C=O) groups is 1. The lowest BCUT2D eigenvalue weighted by Gasteiger charge is -2.12. The van der Waals surface area contributed by atoms with Crippen LogP contribution in [0.3, 0.4) is 0 Å². The molecule has 1 aliphatic carbocycles. The smallest absolute Gasteiger partial charge is 0.265 e. The third-order valence-corrected chi connectivity index (χ3v) is 4.59. The Hall–Kier alpha value is -0.500. The van der Waals surface area contributed by atoms with Gasteiger partial charge in [-0.2, -0.15) is 0 Å². The zero-order chi connectivity index (χ0) is 14.9. The second-order valence-corrected chi connectivity index (χ2v) is 8.14. The minimum atomic E-state index is -4.04. The van der Waals surface area contributed by atoms with Gasteiger partial charge in [0.05, 0.1) is 5.02 Å². The van der Waals surface area contributed by atoms with Crippen LogP contribution in [0.1, 0.15) is 12.8 Å². The summed E-state index contributed by atoms with van der Waals surface area (Å²) in [6.45, 7) is -0.322. The average molecular weight is 403 g/mol. The van der Waals surface area contributed by atoms with Gasteiger partial charge in [-0.15, -0.1) is 0 Å². The van der Waals surface area contributed by atoms with Crippen molar-refractivity contribution in [2.24, 2.45) is 0 Å². The Balaban J connectivity index is 2.19. The van der Waals surface area contributed by atoms with E-state index >= 15 is 0 Å². The van der Waals surface area contributed by atoms with Crippen molar-refractivity contribution < 1.29 is 17.9 Å². The fourth-order valence-corrected chi connectivity index (χ4v) is 3.57. The van der Waals surface area contributed by atoms with Gasteiger partial charge in [0.1, 0.15) is 4.90 Å². The topological polar surface area (TPSA) is 72.5 Å². The van der Waals surface area contributed by atoms with Crippen molar-refractivity contribution >= 4 is 53.2 Å². The number of halogens is 3. The van der Waals surface area contributed by atoms with Crippen molar-refractivity contribution in [2.75, 3.05) is 6.61 Å². The van der Waals surface area contributed by atoms with Crippen LogP contribution in [0.4, 0.5) is 0 Å². The summed E-state index contributed by atoms with van der Waals surface area (Å²) in [4.78, 5) is 11.3. The highest BCUT2D eigenvalue weighted by molar-refractivity contribution is 9.10. The number of ether oxygens (including phenoxy) is 1. The predicted molar refractivity (Wildman–Crippen MR) is 78.9 cm³/mol. The molecule has 1 aliphatic rings. The highest BCUT2D eigenvalue weighted by Gasteiger charge is 2.25. The number of nitrogens with one attached hydrogen (secondary N) is 1. The molecule has 0 aliphatic heterocycles. The summed E-state index contributed by atoms with van der Waals surface area (Å²) in [5.74, 6) is -0.458. The third kappa shape index (κ3) is 4.25. The van der Waals surface area contributed by atoms with E-state index in [0.717, 1.165) is 12.8 Å². The van der Waals surface area contributed by atoms with Crippen LogP contribution in [-0.2, 0) is 13.8 Å². The molecule has 2 rings (SSSR count). The summed E-state index contributed by atoms with van der Waals surface area (Å²) in [6, 6.07) is 2.92. The summed E-state index contributed by atoms with van der Waals surface area (Å²) >= 11 is 9.05. The van der Waals surface area contributed by atoms with Crippen LogP contribution >= 0.6 is 38.2 Å². The first-order valence-electron chi connectivity index (χ1n) is 5.63. The molecule has 1 amide bonds. The van der Waals surface area contributed by atoms with E-state index in [1.807, 2.05) is 0 Å². The molecule has 0 saturated heterocycles. The van der Waals surface area contributed by atoms with Gasteiger partial charge in [0.25, 0.3) is 15.0 Å². The molecule has 0 spiro atoms. The lowest BCUT2D eigenvalue weighted by Crippen LogP contribution is -2.30. The number of carbonyl (C=O) groups excluding carboxylic acids is 1. The lowest BCUT2D eigenvalue weighted by molar-refractivity contribution is -0.123. The molecule has 110 valence electrons. The van der Waals surface area contributed by atoms with Gasteiger partial charge in [0.15, 0.2) is 12.4 Å². The SMILES string of the molecule is O=C(COc1c(Cl)cc(Br)cc1S(=O)(=O)Cl)NC1CC1. The van der Waals surface area contributed by atoms with Crippen molar-refractivity contribution in [1.82, 2.24) is 5.32 Å². The summed E-state index contributed by atoms with van der Waals surface area (Å²) in [7, 11) is 1.29. The molecule has 1 saturated carbocycles. The van der Waals surface area contributed by atoms with Crippen LogP contribution in [0.5, 0.6) is 5.75 Å². The number of amides is 1. The Bertz CT molecular complexity index is 646. The van der Waals surface area contributed by atoms with Crippen molar-refractivity contribution in [2.45, 2.75) is 23.8 Å². The second-order valence-electron chi connectivity index (χ2n) is 4.28. The minimum absolute atomic E-state index is 0.0535. The van der Waals surface area contributed by atoms with Crippen LogP contribution in [-0.4, -0.2) is 27.0 Å². The Kier molecular flexibility index (Phi) is 4.84. The Labute approximate surface area is 134 Å². The largest absolute Gasteiger partial charge is 0.481 e. The molecule has 0 unspecified atom stereocenters. The van der Waals surface area contributed by atoms with Gasteiger partial charge >= 0.3 is 0 Å². The summed E-state index contributed by atoms with van der Waals surface area (Å²) in [5.41, 5.74) is 0. The summed E-state index contributed by atoms with van der Waals surface area (Å²) in [6.07, 6.45) is 1.90. The molecule has 9 heteroatoms. The minimum Gasteiger partial charge on any atom is -0.481 e. The van der Waals surface area contributed by atoms with E-state index in [4.69, 9.17) is 27.0 Å². The summed E-state index contributed by atoms with van der Waals surface area (Å²) in [5, 5.41) is 2.77. The monoisotopic (exact) mass is 401 g/mol. The molecule has 5 nitrogen and oxygen atoms in total. The normalized spacial score (nSPS) is 14.9. The predicted octanol–water partition coefficient (Wildman–Crippen LogP) is 2.69. The maximum Gasteiger partial charge on any atom is 0.265 e. The third-order valence-electron chi connectivity index (χ3n) is 2.53. The van der Waals surface area contributed by atoms with Crippen molar-refractivity contribution in [3.05, 3.63) is 21.6 Å². The maximum atomic E-state index is 11.5. The average Bonchev–Trinajstić information content (AvgIpc) is 3.09. The van der Waals surface area contributed by atoms with E-state index in [0.29, 0.717) is 4.47 Å². The molecule has 1 aromatic rings. The van der Waals surface area contributed by atoms with E-state index in [1.54, 1.807) is 0 Å². The molecule has 1 fully saturated rings. The molecule has 20 heavy (non-hydrogen) atoms. The molecule has 0 radical (unpaired) electrons. The van der Waals surface area contributed by atoms with Crippen molar-refractivity contribution in [1.29, 1.82) is 0 Å². The van der Waals surface area contributed by atoms with E-state index in [1.165, 1.54) is 12.1 Å². The Morgan fingerprint density at radius 1 is 1.45 bits per heavy atom. The van der Waals surface area contributed by atoms with Gasteiger partial charge in [0, 0.05) is 21.2 Å². The molecular formula is C11H10BrCl2NO4S. The van der Waals surface area contributed by atoms with Crippen LogP contribution in [0.25, 0.3) is 0 Å². The van der Waals surface area contributed by atoms with E-state index in [-0.39, 0.29) is 34.2 Å². The van der Waals surface area contributed by atoms with Crippen LogP contribution < -0.4 is 10.1 Å². The van der Waals surface area contributed by atoms with Gasteiger partial charge in [-0.3, -0.25) is 4.79 Å². The van der Waals surface area contributed by atoms with Crippen molar-refractivity contribution in [3.63, 3.8) is 0 Å². The maximum absolute atomic E-state index is 11.5. The zero-order valence-corrected chi connectivity index (χ0v) is 13.9. The number of benzene rings is 1. The van der Waals surface area contributed by atoms with E-state index in [2.05, 4.69) is 21.2 Å². The van der Waals surface area contributed by atoms with Crippen LogP contribution in [0.15, 0.2) is 21.5 Å². The molecule has 0 aromatic heterocycles. The molecule has 0 bridgehead atoms. The van der Waals surface area contributed by atoms with E-state index in [9.17, 15) is 13.2 Å². The number of hydrogen-bond acceptors (Lipinski definition) is 4. The first-order chi connectivity index (χ1) is 9.27. The van der Waals surface area contributed by atoms with Gasteiger partial charge in [-0.25, -0.2) is 8.42 Å². The van der Waals surface area contributed by atoms with Gasteiger partial charge < -0.3 is 10.1 Å². The lowest BCUT2D eigenvalue weighted by atomic mass is 10.3.